The predicted octanol–water partition coefficient (Wildman–Crippen LogP) is 1.79. The molecule has 1 rings (SSSR count). The Bertz CT molecular complexity index is 273. The van der Waals surface area contributed by atoms with Gasteiger partial charge in [0.1, 0.15) is 0 Å². The van der Waals surface area contributed by atoms with E-state index in [1.165, 1.54) is 32.2 Å². The van der Waals surface area contributed by atoms with E-state index in [4.69, 9.17) is 0 Å². The first-order chi connectivity index (χ1) is 10.0. The van der Waals surface area contributed by atoms with Crippen LogP contribution in [0, 0.1) is 5.92 Å². The highest BCUT2D eigenvalue weighted by Crippen LogP contribution is 2.37. The van der Waals surface area contributed by atoms with Gasteiger partial charge in [-0.25, -0.2) is 0 Å². The minimum Gasteiger partial charge on any atom is -0.394 e. The maximum Gasteiger partial charge on any atom is 0.0616 e. The van der Waals surface area contributed by atoms with Gasteiger partial charge in [-0.15, -0.1) is 0 Å². The Kier molecular flexibility index (Phi) is 8.79. The van der Waals surface area contributed by atoms with Gasteiger partial charge >= 0.3 is 0 Å². The summed E-state index contributed by atoms with van der Waals surface area (Å²) in [6, 6.07) is 0. The molecule has 2 N–H and O–H groups in total. The van der Waals surface area contributed by atoms with Crippen LogP contribution >= 0.6 is 0 Å². The van der Waals surface area contributed by atoms with E-state index in [1.807, 2.05) is 0 Å². The maximum absolute atomic E-state index is 9.90. The van der Waals surface area contributed by atoms with Gasteiger partial charge in [0.25, 0.3) is 0 Å². The predicted molar refractivity (Wildman–Crippen MR) is 90.7 cm³/mol. The lowest BCUT2D eigenvalue weighted by Gasteiger charge is -2.36. The summed E-state index contributed by atoms with van der Waals surface area (Å²) in [7, 11) is 6.49. The van der Waals surface area contributed by atoms with E-state index >= 15 is 0 Å². The minimum atomic E-state index is 0.000482. The smallest absolute Gasteiger partial charge is 0.0616 e. The summed E-state index contributed by atoms with van der Waals surface area (Å²) in [4.78, 5) is 4.69. The van der Waals surface area contributed by atoms with Crippen molar-refractivity contribution >= 4 is 0 Å². The molecule has 1 fully saturated rings. The Morgan fingerprint density at radius 3 is 2.57 bits per heavy atom. The lowest BCUT2D eigenvalue weighted by Crippen LogP contribution is -2.52. The van der Waals surface area contributed by atoms with Gasteiger partial charge in [-0.1, -0.05) is 13.3 Å². The van der Waals surface area contributed by atoms with Crippen molar-refractivity contribution in [3.63, 3.8) is 0 Å². The zero-order chi connectivity index (χ0) is 15.7. The Morgan fingerprint density at radius 1 is 1.19 bits per heavy atom. The van der Waals surface area contributed by atoms with Crippen LogP contribution in [0.15, 0.2) is 0 Å². The third kappa shape index (κ3) is 6.23. The maximum atomic E-state index is 9.90. The molecule has 0 aliphatic heterocycles. The number of nitrogens with zero attached hydrogens (tertiary/aromatic N) is 2. The number of nitrogens with one attached hydrogen (secondary N) is 1. The van der Waals surface area contributed by atoms with E-state index in [2.05, 4.69) is 43.2 Å². The van der Waals surface area contributed by atoms with E-state index in [0.29, 0.717) is 12.5 Å². The summed E-state index contributed by atoms with van der Waals surface area (Å²) in [6.45, 7) is 6.98. The summed E-state index contributed by atoms with van der Waals surface area (Å²) >= 11 is 0. The molecule has 0 spiro atoms. The highest BCUT2D eigenvalue weighted by molar-refractivity contribution is 4.99. The fourth-order valence-electron chi connectivity index (χ4n) is 3.58. The Balaban J connectivity index is 2.34. The zero-order valence-corrected chi connectivity index (χ0v) is 14.7. The van der Waals surface area contributed by atoms with Crippen LogP contribution in [0.25, 0.3) is 0 Å². The van der Waals surface area contributed by atoms with Crippen LogP contribution in [0.1, 0.15) is 45.4 Å². The average Bonchev–Trinajstić information content (AvgIpc) is 2.86. The monoisotopic (exact) mass is 299 g/mol. The van der Waals surface area contributed by atoms with Gasteiger partial charge in [-0.2, -0.15) is 0 Å². The molecule has 21 heavy (non-hydrogen) atoms. The van der Waals surface area contributed by atoms with Crippen LogP contribution in [0.3, 0.4) is 0 Å². The van der Waals surface area contributed by atoms with E-state index in [1.54, 1.807) is 0 Å². The highest BCUT2D eigenvalue weighted by Gasteiger charge is 2.41. The van der Waals surface area contributed by atoms with Crippen molar-refractivity contribution in [3.05, 3.63) is 0 Å². The molecule has 0 aromatic rings. The first-order valence-electron chi connectivity index (χ1n) is 8.73. The fourth-order valence-corrected chi connectivity index (χ4v) is 3.58. The van der Waals surface area contributed by atoms with Crippen molar-refractivity contribution in [2.24, 2.45) is 5.92 Å². The van der Waals surface area contributed by atoms with Crippen molar-refractivity contribution in [3.8, 4) is 0 Å². The first-order valence-corrected chi connectivity index (χ1v) is 8.73. The van der Waals surface area contributed by atoms with E-state index < -0.39 is 0 Å². The zero-order valence-electron chi connectivity index (χ0n) is 14.7. The largest absolute Gasteiger partial charge is 0.394 e. The number of hydrogen-bond donors (Lipinski definition) is 2. The molecule has 4 heteroatoms. The van der Waals surface area contributed by atoms with Crippen LogP contribution in [0.5, 0.6) is 0 Å². The summed E-state index contributed by atoms with van der Waals surface area (Å²) in [5, 5.41) is 13.6. The van der Waals surface area contributed by atoms with E-state index in [9.17, 15) is 5.11 Å². The Hall–Kier alpha value is -0.160. The van der Waals surface area contributed by atoms with Gasteiger partial charge in [0, 0.05) is 5.54 Å². The number of aliphatic hydroxyl groups is 1. The van der Waals surface area contributed by atoms with Gasteiger partial charge in [-0.05, 0) is 85.3 Å². The second-order valence-corrected chi connectivity index (χ2v) is 7.08. The number of hydrogen-bond acceptors (Lipinski definition) is 4. The molecule has 0 aromatic heterocycles. The van der Waals surface area contributed by atoms with Gasteiger partial charge in [0.15, 0.2) is 0 Å². The molecule has 0 bridgehead atoms. The van der Waals surface area contributed by atoms with Crippen LogP contribution in [0.2, 0.25) is 0 Å². The third-order valence-corrected chi connectivity index (χ3v) is 4.97. The second-order valence-electron chi connectivity index (χ2n) is 7.08. The Morgan fingerprint density at radius 2 is 1.95 bits per heavy atom. The molecule has 0 radical (unpaired) electrons. The molecule has 0 saturated heterocycles. The molecule has 4 nitrogen and oxygen atoms in total. The van der Waals surface area contributed by atoms with Crippen LogP contribution in [0.4, 0.5) is 0 Å². The molecule has 2 atom stereocenters. The quantitative estimate of drug-likeness (QED) is 0.610. The van der Waals surface area contributed by atoms with Crippen LogP contribution < -0.4 is 5.32 Å². The molecule has 0 aromatic carbocycles. The fraction of sp³-hybridized carbons (Fsp3) is 1.00. The van der Waals surface area contributed by atoms with Crippen molar-refractivity contribution < 1.29 is 5.11 Å². The highest BCUT2D eigenvalue weighted by atomic mass is 16.3. The van der Waals surface area contributed by atoms with E-state index in [-0.39, 0.29) is 5.54 Å². The average molecular weight is 300 g/mol. The van der Waals surface area contributed by atoms with E-state index in [0.717, 1.165) is 32.5 Å². The van der Waals surface area contributed by atoms with Crippen LogP contribution in [-0.4, -0.2) is 74.4 Å². The SMILES string of the molecule is CCCNC1(CO)CCCC1CCN(C)CCCN(C)C. The first kappa shape index (κ1) is 18.9. The third-order valence-electron chi connectivity index (χ3n) is 4.97. The lowest BCUT2D eigenvalue weighted by atomic mass is 9.85. The molecule has 1 saturated carbocycles. The molecule has 0 heterocycles. The number of aliphatic hydroxyl groups excluding tert-OH is 1. The van der Waals surface area contributed by atoms with Crippen molar-refractivity contribution in [2.45, 2.75) is 51.0 Å². The van der Waals surface area contributed by atoms with Crippen molar-refractivity contribution in [1.29, 1.82) is 0 Å². The summed E-state index contributed by atoms with van der Waals surface area (Å²) < 4.78 is 0. The second kappa shape index (κ2) is 9.78. The minimum absolute atomic E-state index is 0.000482. The van der Waals surface area contributed by atoms with Crippen LogP contribution in [-0.2, 0) is 0 Å². The van der Waals surface area contributed by atoms with Gasteiger partial charge in [0.2, 0.25) is 0 Å². The standard InChI is InChI=1S/C17H37N3O/c1-5-11-18-17(15-21)10-6-8-16(17)9-14-20(4)13-7-12-19(2)3/h16,18,21H,5-15H2,1-4H3. The molecule has 0 amide bonds. The summed E-state index contributed by atoms with van der Waals surface area (Å²) in [5.74, 6) is 0.630. The molecule has 126 valence electrons. The summed E-state index contributed by atoms with van der Waals surface area (Å²) in [6.07, 6.45) is 7.23. The molecule has 1 aliphatic rings. The van der Waals surface area contributed by atoms with Gasteiger partial charge in [0.05, 0.1) is 6.61 Å². The number of rotatable bonds is 11. The van der Waals surface area contributed by atoms with Gasteiger partial charge in [-0.3, -0.25) is 0 Å². The molecule has 2 unspecified atom stereocenters. The topological polar surface area (TPSA) is 38.7 Å². The molecule has 1 aliphatic carbocycles. The van der Waals surface area contributed by atoms with Crippen molar-refractivity contribution in [1.82, 2.24) is 15.1 Å². The molecular formula is C17H37N3O. The normalized spacial score (nSPS) is 26.1. The molecular weight excluding hydrogens is 262 g/mol. The Labute approximate surface area is 131 Å². The van der Waals surface area contributed by atoms with Crippen molar-refractivity contribution in [2.75, 3.05) is 53.9 Å². The van der Waals surface area contributed by atoms with Gasteiger partial charge < -0.3 is 20.2 Å². The lowest BCUT2D eigenvalue weighted by molar-refractivity contribution is 0.113. The summed E-state index contributed by atoms with van der Waals surface area (Å²) in [5.41, 5.74) is 0.000482.